The summed E-state index contributed by atoms with van der Waals surface area (Å²) in [7, 11) is 3.66. The molecule has 6 heteroatoms. The third kappa shape index (κ3) is 3.85. The molecule has 2 aromatic rings. The summed E-state index contributed by atoms with van der Waals surface area (Å²) in [6.07, 6.45) is 1.05. The van der Waals surface area contributed by atoms with Crippen LogP contribution in [0.1, 0.15) is 17.5 Å². The topological polar surface area (TPSA) is 63.0 Å². The van der Waals surface area contributed by atoms with E-state index >= 15 is 0 Å². The Kier molecular flexibility index (Phi) is 5.08. The Balaban J connectivity index is 1.78. The zero-order valence-electron chi connectivity index (χ0n) is 15.0. The number of hydrogen-bond donors (Lipinski definition) is 0. The van der Waals surface area contributed by atoms with Gasteiger partial charge in [-0.2, -0.15) is 0 Å². The van der Waals surface area contributed by atoms with Crippen LogP contribution in [0.25, 0.3) is 11.0 Å². The number of carbonyl (C=O) groups excluding carboxylic acids is 1. The first-order chi connectivity index (χ1) is 12.0. The van der Waals surface area contributed by atoms with Crippen molar-refractivity contribution < 1.29 is 13.9 Å². The molecule has 0 atom stereocenters. The molecular formula is C19H24N2O4. The molecule has 0 spiro atoms. The van der Waals surface area contributed by atoms with Gasteiger partial charge >= 0.3 is 5.63 Å². The van der Waals surface area contributed by atoms with Gasteiger partial charge in [-0.25, -0.2) is 4.79 Å². The van der Waals surface area contributed by atoms with Crippen molar-refractivity contribution >= 4 is 16.9 Å². The van der Waals surface area contributed by atoms with E-state index in [-0.39, 0.29) is 11.5 Å². The number of aryl methyl sites for hydroxylation is 2. The van der Waals surface area contributed by atoms with Crippen molar-refractivity contribution in [2.75, 3.05) is 40.3 Å². The molecule has 1 aromatic carbocycles. The van der Waals surface area contributed by atoms with Gasteiger partial charge in [-0.1, -0.05) is 0 Å². The number of piperazine rings is 1. The van der Waals surface area contributed by atoms with E-state index in [2.05, 4.69) is 11.9 Å². The number of carbonyl (C=O) groups is 1. The number of benzene rings is 1. The normalized spacial score (nSPS) is 15.6. The number of ether oxygens (including phenoxy) is 1. The van der Waals surface area contributed by atoms with Gasteiger partial charge in [0.1, 0.15) is 11.3 Å². The van der Waals surface area contributed by atoms with E-state index in [9.17, 15) is 9.59 Å². The quantitative estimate of drug-likeness (QED) is 0.792. The highest BCUT2D eigenvalue weighted by atomic mass is 16.5. The Morgan fingerprint density at radius 2 is 1.92 bits per heavy atom. The number of likely N-dealkylation sites (N-methyl/N-ethyl adjacent to an activating group) is 1. The number of fused-ring (bicyclic) bond motifs is 1. The first-order valence-corrected chi connectivity index (χ1v) is 8.55. The summed E-state index contributed by atoms with van der Waals surface area (Å²) in [5.41, 5.74) is 1.95. The van der Waals surface area contributed by atoms with E-state index in [1.54, 1.807) is 13.2 Å². The molecule has 1 aliphatic rings. The van der Waals surface area contributed by atoms with E-state index < -0.39 is 0 Å². The molecule has 25 heavy (non-hydrogen) atoms. The van der Waals surface area contributed by atoms with Crippen LogP contribution in [-0.4, -0.2) is 56.0 Å². The van der Waals surface area contributed by atoms with Crippen LogP contribution < -0.4 is 10.4 Å². The van der Waals surface area contributed by atoms with Gasteiger partial charge in [-0.05, 0) is 37.6 Å². The Morgan fingerprint density at radius 1 is 1.20 bits per heavy atom. The van der Waals surface area contributed by atoms with E-state index in [0.717, 1.165) is 42.7 Å². The second-order valence-corrected chi connectivity index (χ2v) is 6.59. The summed E-state index contributed by atoms with van der Waals surface area (Å²) in [6, 6.07) is 5.18. The van der Waals surface area contributed by atoms with Crippen molar-refractivity contribution in [3.05, 3.63) is 39.7 Å². The van der Waals surface area contributed by atoms with E-state index in [1.165, 1.54) is 6.07 Å². The third-order valence-electron chi connectivity index (χ3n) is 4.82. The molecule has 0 unspecified atom stereocenters. The average Bonchev–Trinajstić information content (AvgIpc) is 2.59. The highest BCUT2D eigenvalue weighted by Crippen LogP contribution is 2.28. The van der Waals surface area contributed by atoms with Gasteiger partial charge in [0.15, 0.2) is 0 Å². The SMILES string of the molecule is COc1cc2oc(=O)cc(C)c2cc1CCC(=O)N1CCN(C)CC1. The molecule has 0 saturated carbocycles. The van der Waals surface area contributed by atoms with Crippen LogP contribution in [0.5, 0.6) is 5.75 Å². The van der Waals surface area contributed by atoms with Crippen molar-refractivity contribution in [2.45, 2.75) is 19.8 Å². The Bertz CT molecular complexity index is 835. The number of hydrogen-bond acceptors (Lipinski definition) is 5. The Morgan fingerprint density at radius 3 is 2.60 bits per heavy atom. The monoisotopic (exact) mass is 344 g/mol. The fraction of sp³-hybridized carbons (Fsp3) is 0.474. The van der Waals surface area contributed by atoms with Gasteiger partial charge in [0.05, 0.1) is 7.11 Å². The predicted molar refractivity (Wildman–Crippen MR) is 96.2 cm³/mol. The minimum Gasteiger partial charge on any atom is -0.496 e. The molecule has 3 rings (SSSR count). The molecule has 1 aliphatic heterocycles. The zero-order chi connectivity index (χ0) is 18.0. The van der Waals surface area contributed by atoms with Gasteiger partial charge < -0.3 is 19.0 Å². The summed E-state index contributed by atoms with van der Waals surface area (Å²) >= 11 is 0. The molecule has 0 bridgehead atoms. The van der Waals surface area contributed by atoms with Crippen LogP contribution in [0.2, 0.25) is 0 Å². The fourth-order valence-electron chi connectivity index (χ4n) is 3.23. The number of nitrogens with zero attached hydrogens (tertiary/aromatic N) is 2. The maximum absolute atomic E-state index is 12.5. The van der Waals surface area contributed by atoms with Crippen LogP contribution in [0, 0.1) is 6.92 Å². The Hall–Kier alpha value is -2.34. The molecule has 1 fully saturated rings. The maximum atomic E-state index is 12.5. The summed E-state index contributed by atoms with van der Waals surface area (Å²) in [6.45, 7) is 5.29. The van der Waals surface area contributed by atoms with Crippen molar-refractivity contribution in [2.24, 2.45) is 0 Å². The molecule has 1 saturated heterocycles. The summed E-state index contributed by atoms with van der Waals surface area (Å²) < 4.78 is 10.7. The molecule has 6 nitrogen and oxygen atoms in total. The van der Waals surface area contributed by atoms with Crippen molar-refractivity contribution in [1.29, 1.82) is 0 Å². The molecule has 0 radical (unpaired) electrons. The predicted octanol–water partition coefficient (Wildman–Crippen LogP) is 1.82. The van der Waals surface area contributed by atoms with Gasteiger partial charge in [-0.3, -0.25) is 4.79 Å². The van der Waals surface area contributed by atoms with Crippen LogP contribution in [-0.2, 0) is 11.2 Å². The summed E-state index contributed by atoms with van der Waals surface area (Å²) in [5, 5.41) is 0.877. The minimum absolute atomic E-state index is 0.173. The average molecular weight is 344 g/mol. The first kappa shape index (κ1) is 17.5. The smallest absolute Gasteiger partial charge is 0.336 e. The highest BCUT2D eigenvalue weighted by Gasteiger charge is 2.19. The van der Waals surface area contributed by atoms with Crippen molar-refractivity contribution in [3.8, 4) is 5.75 Å². The van der Waals surface area contributed by atoms with Gasteiger partial charge in [0.2, 0.25) is 5.91 Å². The lowest BCUT2D eigenvalue weighted by atomic mass is 10.0. The first-order valence-electron chi connectivity index (χ1n) is 8.55. The molecule has 134 valence electrons. The Labute approximate surface area is 147 Å². The summed E-state index contributed by atoms with van der Waals surface area (Å²) in [4.78, 5) is 28.2. The minimum atomic E-state index is -0.370. The standard InChI is InChI=1S/C19H24N2O4/c1-13-10-19(23)25-17-12-16(24-3)14(11-15(13)17)4-5-18(22)21-8-6-20(2)7-9-21/h10-12H,4-9H2,1-3H3. The highest BCUT2D eigenvalue weighted by molar-refractivity contribution is 5.83. The van der Waals surface area contributed by atoms with E-state index in [4.69, 9.17) is 9.15 Å². The maximum Gasteiger partial charge on any atom is 0.336 e. The van der Waals surface area contributed by atoms with Crippen LogP contribution in [0.3, 0.4) is 0 Å². The molecule has 1 aromatic heterocycles. The molecule has 2 heterocycles. The zero-order valence-corrected chi connectivity index (χ0v) is 15.0. The van der Waals surface area contributed by atoms with Crippen molar-refractivity contribution in [3.63, 3.8) is 0 Å². The lowest BCUT2D eigenvalue weighted by molar-refractivity contribution is -0.132. The third-order valence-corrected chi connectivity index (χ3v) is 4.82. The van der Waals surface area contributed by atoms with Gasteiger partial charge in [-0.15, -0.1) is 0 Å². The number of methoxy groups -OCH3 is 1. The van der Waals surface area contributed by atoms with Crippen molar-refractivity contribution in [1.82, 2.24) is 9.80 Å². The summed E-state index contributed by atoms with van der Waals surface area (Å²) in [5.74, 6) is 0.819. The van der Waals surface area contributed by atoms with Crippen LogP contribution in [0.15, 0.2) is 27.4 Å². The number of amides is 1. The molecule has 0 N–H and O–H groups in total. The van der Waals surface area contributed by atoms with E-state index in [0.29, 0.717) is 24.2 Å². The largest absolute Gasteiger partial charge is 0.496 e. The fourth-order valence-corrected chi connectivity index (χ4v) is 3.23. The second-order valence-electron chi connectivity index (χ2n) is 6.59. The van der Waals surface area contributed by atoms with Gasteiger partial charge in [0.25, 0.3) is 0 Å². The lowest BCUT2D eigenvalue weighted by Gasteiger charge is -2.32. The molecular weight excluding hydrogens is 320 g/mol. The molecule has 1 amide bonds. The number of rotatable bonds is 4. The van der Waals surface area contributed by atoms with Gasteiger partial charge in [0, 0.05) is 50.1 Å². The lowest BCUT2D eigenvalue weighted by Crippen LogP contribution is -2.47. The van der Waals surface area contributed by atoms with E-state index in [1.807, 2.05) is 17.9 Å². The molecule has 0 aliphatic carbocycles. The van der Waals surface area contributed by atoms with Crippen LogP contribution >= 0.6 is 0 Å². The van der Waals surface area contributed by atoms with Crippen LogP contribution in [0.4, 0.5) is 0 Å². The second kappa shape index (κ2) is 7.27.